The molecule has 1 aliphatic heterocycles. The Morgan fingerprint density at radius 1 is 1.06 bits per heavy atom. The number of anilines is 2. The van der Waals surface area contributed by atoms with Crippen LogP contribution in [0.3, 0.4) is 0 Å². The molecule has 3 aromatic rings. The molecule has 0 spiro atoms. The first-order chi connectivity index (χ1) is 14.9. The van der Waals surface area contributed by atoms with Crippen molar-refractivity contribution in [1.82, 2.24) is 4.98 Å². The summed E-state index contributed by atoms with van der Waals surface area (Å²) in [5, 5.41) is 2.89. The average molecular weight is 435 g/mol. The fourth-order valence-electron chi connectivity index (χ4n) is 3.22. The van der Waals surface area contributed by atoms with E-state index in [9.17, 15) is 19.2 Å². The molecule has 0 saturated heterocycles. The molecule has 0 bridgehead atoms. The first-order valence-corrected chi connectivity index (χ1v) is 10.3. The minimum Gasteiger partial charge on any atom is -0.462 e. The summed E-state index contributed by atoms with van der Waals surface area (Å²) in [6.45, 7) is 3.60. The van der Waals surface area contributed by atoms with Crippen molar-refractivity contribution in [3.8, 4) is 0 Å². The van der Waals surface area contributed by atoms with Crippen LogP contribution in [0.2, 0.25) is 0 Å². The molecule has 156 valence electrons. The van der Waals surface area contributed by atoms with Gasteiger partial charge in [0.25, 0.3) is 17.7 Å². The molecule has 3 amide bonds. The average Bonchev–Trinajstić information content (AvgIpc) is 3.25. The largest absolute Gasteiger partial charge is 0.462 e. The van der Waals surface area contributed by atoms with Crippen molar-refractivity contribution in [3.63, 3.8) is 0 Å². The third-order valence-electron chi connectivity index (χ3n) is 4.64. The molecule has 0 saturated carbocycles. The van der Waals surface area contributed by atoms with Gasteiger partial charge in [-0.25, -0.2) is 14.7 Å². The summed E-state index contributed by atoms with van der Waals surface area (Å²) in [7, 11) is 0. The Bertz CT molecular complexity index is 1200. The molecule has 0 radical (unpaired) electrons. The summed E-state index contributed by atoms with van der Waals surface area (Å²) >= 11 is 1.02. The topological polar surface area (TPSA) is 106 Å². The van der Waals surface area contributed by atoms with E-state index in [1.807, 2.05) is 0 Å². The van der Waals surface area contributed by atoms with Gasteiger partial charge in [0, 0.05) is 5.56 Å². The number of aromatic nitrogens is 1. The maximum atomic E-state index is 12.7. The predicted octanol–water partition coefficient (Wildman–Crippen LogP) is 3.68. The van der Waals surface area contributed by atoms with Gasteiger partial charge in [-0.1, -0.05) is 29.5 Å². The molecule has 1 aliphatic rings. The van der Waals surface area contributed by atoms with Gasteiger partial charge in [0.05, 0.1) is 29.1 Å². The summed E-state index contributed by atoms with van der Waals surface area (Å²) in [6.07, 6.45) is 0. The van der Waals surface area contributed by atoms with Crippen LogP contribution in [0.4, 0.5) is 10.8 Å². The Labute approximate surface area is 181 Å². The number of rotatable bonds is 5. The van der Waals surface area contributed by atoms with Crippen LogP contribution < -0.4 is 10.2 Å². The van der Waals surface area contributed by atoms with Gasteiger partial charge in [-0.15, -0.1) is 0 Å². The summed E-state index contributed by atoms with van der Waals surface area (Å²) < 4.78 is 4.98. The quantitative estimate of drug-likeness (QED) is 0.484. The van der Waals surface area contributed by atoms with Crippen LogP contribution in [0.5, 0.6) is 0 Å². The zero-order valence-electron chi connectivity index (χ0n) is 16.7. The van der Waals surface area contributed by atoms with E-state index in [1.54, 1.807) is 56.3 Å². The third-order valence-corrected chi connectivity index (χ3v) is 5.69. The van der Waals surface area contributed by atoms with Gasteiger partial charge in [0.1, 0.15) is 4.88 Å². The van der Waals surface area contributed by atoms with Crippen molar-refractivity contribution in [2.75, 3.05) is 16.8 Å². The van der Waals surface area contributed by atoms with Crippen molar-refractivity contribution in [2.24, 2.45) is 0 Å². The Kier molecular flexibility index (Phi) is 5.35. The Morgan fingerprint density at radius 3 is 2.39 bits per heavy atom. The van der Waals surface area contributed by atoms with Crippen LogP contribution in [0.25, 0.3) is 0 Å². The molecule has 0 fully saturated rings. The van der Waals surface area contributed by atoms with Crippen LogP contribution in [0, 0.1) is 6.92 Å². The number of carbonyl (C=O) groups is 4. The highest BCUT2D eigenvalue weighted by Gasteiger charge is 2.36. The van der Waals surface area contributed by atoms with E-state index < -0.39 is 23.7 Å². The number of carbonyl (C=O) groups excluding carboxylic acids is 4. The fraction of sp³-hybridized carbons (Fsp3) is 0.136. The lowest BCUT2D eigenvalue weighted by molar-refractivity contribution is 0.0530. The molecule has 0 unspecified atom stereocenters. The van der Waals surface area contributed by atoms with Gasteiger partial charge in [-0.05, 0) is 44.2 Å². The molecule has 0 aliphatic carbocycles. The minimum atomic E-state index is -0.495. The van der Waals surface area contributed by atoms with Crippen LogP contribution in [0.15, 0.2) is 48.5 Å². The lowest BCUT2D eigenvalue weighted by atomic mass is 10.1. The number of amides is 3. The van der Waals surface area contributed by atoms with Gasteiger partial charge >= 0.3 is 5.97 Å². The van der Waals surface area contributed by atoms with Crippen LogP contribution in [0.1, 0.15) is 53.4 Å². The van der Waals surface area contributed by atoms with Crippen LogP contribution in [-0.2, 0) is 4.74 Å². The molecule has 1 aromatic heterocycles. The molecular weight excluding hydrogens is 418 g/mol. The number of benzene rings is 2. The van der Waals surface area contributed by atoms with Gasteiger partial charge in [0.15, 0.2) is 5.13 Å². The zero-order chi connectivity index (χ0) is 22.1. The maximum Gasteiger partial charge on any atom is 0.350 e. The van der Waals surface area contributed by atoms with Crippen molar-refractivity contribution < 1.29 is 23.9 Å². The minimum absolute atomic E-state index is 0.236. The van der Waals surface area contributed by atoms with Crippen molar-refractivity contribution in [3.05, 3.63) is 75.8 Å². The third kappa shape index (κ3) is 3.71. The monoisotopic (exact) mass is 435 g/mol. The smallest absolute Gasteiger partial charge is 0.350 e. The number of thiazole rings is 1. The van der Waals surface area contributed by atoms with Crippen molar-refractivity contribution in [1.29, 1.82) is 0 Å². The van der Waals surface area contributed by atoms with E-state index in [2.05, 4.69) is 10.3 Å². The highest BCUT2D eigenvalue weighted by atomic mass is 32.1. The van der Waals surface area contributed by atoms with Crippen molar-refractivity contribution >= 4 is 45.8 Å². The van der Waals surface area contributed by atoms with Gasteiger partial charge in [-0.2, -0.15) is 0 Å². The zero-order valence-corrected chi connectivity index (χ0v) is 17.5. The highest BCUT2D eigenvalue weighted by molar-refractivity contribution is 7.17. The normalized spacial score (nSPS) is 12.6. The number of ether oxygens (including phenoxy) is 1. The molecule has 31 heavy (non-hydrogen) atoms. The first kappa shape index (κ1) is 20.4. The second kappa shape index (κ2) is 8.11. The van der Waals surface area contributed by atoms with Gasteiger partial charge in [-0.3, -0.25) is 19.7 Å². The molecule has 8 nitrogen and oxygen atoms in total. The molecular formula is C22H17N3O5S. The van der Waals surface area contributed by atoms with E-state index in [0.717, 1.165) is 16.2 Å². The lowest BCUT2D eigenvalue weighted by Crippen LogP contribution is -2.29. The Morgan fingerprint density at radius 2 is 1.74 bits per heavy atom. The van der Waals surface area contributed by atoms with Crippen LogP contribution >= 0.6 is 11.3 Å². The molecule has 1 N–H and O–H groups in total. The number of hydrogen-bond donors (Lipinski definition) is 1. The number of nitrogens with zero attached hydrogens (tertiary/aromatic N) is 2. The number of aryl methyl sites for hydroxylation is 1. The number of nitrogens with one attached hydrogen (secondary N) is 1. The molecule has 9 heteroatoms. The highest BCUT2D eigenvalue weighted by Crippen LogP contribution is 2.29. The molecule has 4 rings (SSSR count). The first-order valence-electron chi connectivity index (χ1n) is 9.44. The molecule has 0 atom stereocenters. The summed E-state index contributed by atoms with van der Waals surface area (Å²) in [4.78, 5) is 55.6. The SMILES string of the molecule is CCOC(=O)c1sc(NC(=O)c2cccc(N3C(=O)c4ccccc4C3=O)c2)nc1C. The van der Waals surface area contributed by atoms with E-state index in [1.165, 1.54) is 6.07 Å². The van der Waals surface area contributed by atoms with E-state index >= 15 is 0 Å². The number of hydrogen-bond acceptors (Lipinski definition) is 7. The Hall–Kier alpha value is -3.85. The standard InChI is InChI=1S/C22H17N3O5S/c1-3-30-21(29)17-12(2)23-22(31-17)24-18(26)13-7-6-8-14(11-13)25-19(27)15-9-4-5-10-16(15)20(25)28/h4-11H,3H2,1-2H3,(H,23,24,26). The summed E-state index contributed by atoms with van der Waals surface area (Å²) in [5.74, 6) is -1.85. The predicted molar refractivity (Wildman–Crippen MR) is 115 cm³/mol. The number of fused-ring (bicyclic) bond motifs is 1. The van der Waals surface area contributed by atoms with Crippen molar-refractivity contribution in [2.45, 2.75) is 13.8 Å². The van der Waals surface area contributed by atoms with Gasteiger partial charge in [0.2, 0.25) is 0 Å². The van der Waals surface area contributed by atoms with Gasteiger partial charge < -0.3 is 4.74 Å². The van der Waals surface area contributed by atoms with Crippen LogP contribution in [-0.4, -0.2) is 35.3 Å². The summed E-state index contributed by atoms with van der Waals surface area (Å²) in [6, 6.07) is 12.8. The second-order valence-corrected chi connectivity index (χ2v) is 7.65. The number of esters is 1. The fourth-order valence-corrected chi connectivity index (χ4v) is 4.07. The molecule has 2 heterocycles. The lowest BCUT2D eigenvalue weighted by Gasteiger charge is -2.14. The van der Waals surface area contributed by atoms with E-state index in [-0.39, 0.29) is 17.3 Å². The molecule has 2 aromatic carbocycles. The van der Waals surface area contributed by atoms with E-state index in [4.69, 9.17) is 4.74 Å². The Balaban J connectivity index is 1.56. The maximum absolute atomic E-state index is 12.7. The summed E-state index contributed by atoms with van der Waals surface area (Å²) in [5.41, 5.74) is 1.64. The number of imide groups is 1. The second-order valence-electron chi connectivity index (χ2n) is 6.65. The van der Waals surface area contributed by atoms with E-state index in [0.29, 0.717) is 27.4 Å².